The molecule has 0 aliphatic carbocycles. The topological polar surface area (TPSA) is 58.6 Å². The van der Waals surface area contributed by atoms with Gasteiger partial charge in [0.2, 0.25) is 11.9 Å². The Hall–Kier alpha value is -4.58. The summed E-state index contributed by atoms with van der Waals surface area (Å²) in [5.74, 6) is 1.84. The third-order valence-electron chi connectivity index (χ3n) is 7.76. The molecule has 0 saturated carbocycles. The van der Waals surface area contributed by atoms with Crippen molar-refractivity contribution < 1.29 is 0 Å². The van der Waals surface area contributed by atoms with Crippen LogP contribution in [0.25, 0.3) is 43.6 Å². The molecular formula is C37H42N6. The number of benzene rings is 4. The van der Waals surface area contributed by atoms with Crippen LogP contribution in [0, 0.1) is 0 Å². The van der Waals surface area contributed by atoms with Gasteiger partial charge in [0.05, 0.1) is 22.1 Å². The SMILES string of the molecule is CC(C)/N=C(/NCCCCCN/C(=N/C(C)C)n1c2ccccc2c2ccccc21)n1c2ccccc2c2ccccc21. The van der Waals surface area contributed by atoms with Crippen molar-refractivity contribution >= 4 is 55.5 Å². The summed E-state index contributed by atoms with van der Waals surface area (Å²) in [6.45, 7) is 10.3. The summed E-state index contributed by atoms with van der Waals surface area (Å²) in [5.41, 5.74) is 4.73. The molecule has 4 aromatic carbocycles. The van der Waals surface area contributed by atoms with Crippen LogP contribution in [0.1, 0.15) is 47.0 Å². The monoisotopic (exact) mass is 570 g/mol. The maximum atomic E-state index is 5.02. The quantitative estimate of drug-likeness (QED) is 0.110. The summed E-state index contributed by atoms with van der Waals surface area (Å²) in [5, 5.41) is 12.4. The zero-order valence-electron chi connectivity index (χ0n) is 25.7. The van der Waals surface area contributed by atoms with Gasteiger partial charge in [-0.3, -0.25) is 9.13 Å². The Morgan fingerprint density at radius 1 is 0.488 bits per heavy atom. The number of aliphatic imine (C=N–C) groups is 2. The van der Waals surface area contributed by atoms with Crippen molar-refractivity contribution in [3.8, 4) is 0 Å². The summed E-state index contributed by atoms with van der Waals surface area (Å²) in [6.07, 6.45) is 3.22. The fourth-order valence-corrected chi connectivity index (χ4v) is 5.98. The highest BCUT2D eigenvalue weighted by Crippen LogP contribution is 2.30. The third-order valence-corrected chi connectivity index (χ3v) is 7.76. The van der Waals surface area contributed by atoms with E-state index in [1.807, 2.05) is 0 Å². The van der Waals surface area contributed by atoms with Gasteiger partial charge in [0.25, 0.3) is 0 Å². The van der Waals surface area contributed by atoms with E-state index in [-0.39, 0.29) is 12.1 Å². The van der Waals surface area contributed by atoms with Gasteiger partial charge in [-0.2, -0.15) is 0 Å². The molecule has 2 N–H and O–H groups in total. The summed E-state index contributed by atoms with van der Waals surface area (Å²) in [4.78, 5) is 10.0. The summed E-state index contributed by atoms with van der Waals surface area (Å²) < 4.78 is 4.57. The van der Waals surface area contributed by atoms with Gasteiger partial charge in [-0.05, 0) is 71.2 Å². The summed E-state index contributed by atoms with van der Waals surface area (Å²) in [7, 11) is 0. The largest absolute Gasteiger partial charge is 0.356 e. The highest BCUT2D eigenvalue weighted by Gasteiger charge is 2.16. The molecule has 43 heavy (non-hydrogen) atoms. The van der Waals surface area contributed by atoms with Crippen LogP contribution >= 0.6 is 0 Å². The Morgan fingerprint density at radius 3 is 1.09 bits per heavy atom. The lowest BCUT2D eigenvalue weighted by Crippen LogP contribution is -2.33. The average Bonchev–Trinajstić information content (AvgIpc) is 3.52. The lowest BCUT2D eigenvalue weighted by atomic mass is 10.2. The van der Waals surface area contributed by atoms with Gasteiger partial charge in [-0.15, -0.1) is 0 Å². The molecule has 2 heterocycles. The number of nitrogens with zero attached hydrogens (tertiary/aromatic N) is 4. The average molecular weight is 571 g/mol. The number of nitrogens with one attached hydrogen (secondary N) is 2. The van der Waals surface area contributed by atoms with Crippen LogP contribution < -0.4 is 10.6 Å². The predicted octanol–water partition coefficient (Wildman–Crippen LogP) is 8.18. The van der Waals surface area contributed by atoms with Crippen molar-refractivity contribution in [3.05, 3.63) is 97.1 Å². The zero-order valence-corrected chi connectivity index (χ0v) is 25.7. The fraction of sp³-hybridized carbons (Fsp3) is 0.297. The smallest absolute Gasteiger partial charge is 0.203 e. The number of aromatic nitrogens is 2. The van der Waals surface area contributed by atoms with E-state index in [9.17, 15) is 0 Å². The second-order valence-corrected chi connectivity index (χ2v) is 11.7. The minimum Gasteiger partial charge on any atom is -0.356 e. The highest BCUT2D eigenvalue weighted by atomic mass is 15.2. The Bertz CT molecular complexity index is 1670. The van der Waals surface area contributed by atoms with Crippen molar-refractivity contribution in [1.82, 2.24) is 19.8 Å². The van der Waals surface area contributed by atoms with Crippen LogP contribution in [0.5, 0.6) is 0 Å². The number of hydrogen-bond acceptors (Lipinski definition) is 2. The first-order valence-electron chi connectivity index (χ1n) is 15.6. The molecule has 0 aliphatic heterocycles. The van der Waals surface area contributed by atoms with E-state index in [4.69, 9.17) is 9.98 Å². The van der Waals surface area contributed by atoms with Gasteiger partial charge in [0, 0.05) is 46.7 Å². The number of fused-ring (bicyclic) bond motifs is 6. The molecule has 0 atom stereocenters. The lowest BCUT2D eigenvalue weighted by molar-refractivity contribution is 0.642. The highest BCUT2D eigenvalue weighted by molar-refractivity contribution is 6.14. The number of para-hydroxylation sites is 4. The van der Waals surface area contributed by atoms with Crippen LogP contribution in [0.3, 0.4) is 0 Å². The lowest BCUT2D eigenvalue weighted by Gasteiger charge is -2.16. The van der Waals surface area contributed by atoms with Gasteiger partial charge in [0.1, 0.15) is 0 Å². The molecule has 6 nitrogen and oxygen atoms in total. The van der Waals surface area contributed by atoms with Gasteiger partial charge in [-0.25, -0.2) is 9.98 Å². The Balaban J connectivity index is 1.12. The summed E-state index contributed by atoms with van der Waals surface area (Å²) in [6, 6.07) is 34.8. The van der Waals surface area contributed by atoms with E-state index in [0.29, 0.717) is 0 Å². The second kappa shape index (κ2) is 12.7. The molecule has 0 radical (unpaired) electrons. The number of hydrogen-bond donors (Lipinski definition) is 2. The first kappa shape index (κ1) is 28.5. The molecule has 0 fully saturated rings. The number of rotatable bonds is 8. The molecule has 2 aromatic heterocycles. The van der Waals surface area contributed by atoms with E-state index >= 15 is 0 Å². The van der Waals surface area contributed by atoms with E-state index < -0.39 is 0 Å². The molecule has 6 aromatic rings. The third kappa shape index (κ3) is 5.87. The Kier molecular flexibility index (Phi) is 8.45. The first-order valence-corrected chi connectivity index (χ1v) is 15.6. The molecule has 6 heteroatoms. The minimum atomic E-state index is 0.186. The van der Waals surface area contributed by atoms with Crippen LogP contribution in [-0.4, -0.2) is 46.2 Å². The maximum Gasteiger partial charge on any atom is 0.203 e. The van der Waals surface area contributed by atoms with E-state index in [1.165, 1.54) is 43.6 Å². The van der Waals surface area contributed by atoms with Gasteiger partial charge in [0.15, 0.2) is 0 Å². The van der Waals surface area contributed by atoms with Crippen molar-refractivity contribution in [2.24, 2.45) is 9.98 Å². The van der Waals surface area contributed by atoms with Gasteiger partial charge in [-0.1, -0.05) is 72.8 Å². The van der Waals surface area contributed by atoms with E-state index in [1.54, 1.807) is 0 Å². The second-order valence-electron chi connectivity index (χ2n) is 11.7. The Labute approximate surface area is 254 Å². The maximum absolute atomic E-state index is 5.02. The minimum absolute atomic E-state index is 0.186. The molecule has 0 unspecified atom stereocenters. The fourth-order valence-electron chi connectivity index (χ4n) is 5.98. The van der Waals surface area contributed by atoms with Gasteiger partial charge >= 0.3 is 0 Å². The molecule has 0 saturated heterocycles. The van der Waals surface area contributed by atoms with Crippen LogP contribution in [0.4, 0.5) is 0 Å². The molecule has 6 rings (SSSR count). The number of unbranched alkanes of at least 4 members (excludes halogenated alkanes) is 2. The van der Waals surface area contributed by atoms with Crippen molar-refractivity contribution in [1.29, 1.82) is 0 Å². The van der Waals surface area contributed by atoms with Gasteiger partial charge < -0.3 is 10.6 Å². The normalized spacial score (nSPS) is 12.9. The molecule has 0 amide bonds. The summed E-state index contributed by atoms with van der Waals surface area (Å²) >= 11 is 0. The molecule has 0 spiro atoms. The zero-order chi connectivity index (χ0) is 29.8. The van der Waals surface area contributed by atoms with Crippen molar-refractivity contribution in [2.75, 3.05) is 13.1 Å². The molecule has 0 aliphatic rings. The standard InChI is InChI=1S/C37H42N6/c1-26(2)40-36(42-32-20-10-6-16-28(32)29-17-7-11-21-33(29)42)38-24-14-5-15-25-39-37(41-27(3)4)43-34-22-12-8-18-30(34)31-19-9-13-23-35(31)43/h6-13,16-23,26-27H,5,14-15,24-25H2,1-4H3,(H,38,40)(H,39,41). The van der Waals surface area contributed by atoms with Crippen LogP contribution in [0.2, 0.25) is 0 Å². The Morgan fingerprint density at radius 2 is 0.791 bits per heavy atom. The van der Waals surface area contributed by atoms with Crippen LogP contribution in [0.15, 0.2) is 107 Å². The predicted molar refractivity (Wildman–Crippen MR) is 185 cm³/mol. The van der Waals surface area contributed by atoms with Crippen LogP contribution in [-0.2, 0) is 0 Å². The first-order chi connectivity index (χ1) is 21.0. The molecular weight excluding hydrogens is 528 g/mol. The molecule has 0 bridgehead atoms. The van der Waals surface area contributed by atoms with E-state index in [2.05, 4.69) is 145 Å². The van der Waals surface area contributed by atoms with E-state index in [0.717, 1.165) is 44.3 Å². The molecule has 220 valence electrons. The van der Waals surface area contributed by atoms with Crippen molar-refractivity contribution in [2.45, 2.75) is 59.0 Å². The van der Waals surface area contributed by atoms with Crippen molar-refractivity contribution in [3.63, 3.8) is 0 Å².